The number of nitrogens with zero attached hydrogens (tertiary/aromatic N) is 4. The van der Waals surface area contributed by atoms with E-state index in [9.17, 15) is 19.2 Å². The van der Waals surface area contributed by atoms with E-state index in [0.29, 0.717) is 19.8 Å². The number of rotatable bonds is 17. The standard InChI is InChI=1S/2C26H27NO2.C21H31NO2.C21H29NO2/c1-26(17-21-10-7-9-19-8-3-4-11-22(19)21)18-29-24-16-20(12-13-23(24)26)25(28)27-14-5-2-6-15-27;1-26(17-19-9-10-20-7-3-4-8-21(20)15-19)18-29-24-16-22(11-12-23(24)26)25(28)27-13-5-2-6-14-27;2*1-3-4-5-7-12-21(2)16-24-19-15-17(10-11-18(19)21)20(23)22-13-8-6-9-14-22/h3-4,7-13,16H,2,5-6,14-15,17-18H2,1H3;3-4,7-12,15-16H,2,5-6,13-14,17-18H2,1H3;10-11,15H,3-9,12-14,16H2,1-2H3;5,7,10-11,15H,3-4,6,8-9,12-14,16H2,1-2H3/b;;;7-5+. The number of likely N-dealkylation sites (tertiary alicyclic amines) is 4. The summed E-state index contributed by atoms with van der Waals surface area (Å²) < 4.78 is 24.1. The van der Waals surface area contributed by atoms with Crippen LogP contribution >= 0.6 is 0 Å². The molecule has 0 bridgehead atoms. The van der Waals surface area contributed by atoms with Crippen LogP contribution in [0, 0.1) is 0 Å². The molecule has 4 atom stereocenters. The molecule has 4 unspecified atom stereocenters. The molecule has 0 spiro atoms. The number of hydrogen-bond donors (Lipinski definition) is 0. The third-order valence-electron chi connectivity index (χ3n) is 23.9. The molecule has 16 rings (SSSR count). The van der Waals surface area contributed by atoms with Crippen molar-refractivity contribution in [3.8, 4) is 23.0 Å². The molecule has 12 nitrogen and oxygen atoms in total. The van der Waals surface area contributed by atoms with E-state index >= 15 is 0 Å². The molecular formula is C94H114N4O8. The second-order valence-corrected chi connectivity index (χ2v) is 32.6. The Labute approximate surface area is 631 Å². The van der Waals surface area contributed by atoms with Crippen molar-refractivity contribution in [2.45, 2.75) is 204 Å². The van der Waals surface area contributed by atoms with Gasteiger partial charge in [-0.25, -0.2) is 0 Å². The van der Waals surface area contributed by atoms with Gasteiger partial charge in [-0.05, 0) is 190 Å². The van der Waals surface area contributed by atoms with Crippen LogP contribution in [0.15, 0.2) is 170 Å². The predicted molar refractivity (Wildman–Crippen MR) is 429 cm³/mol. The summed E-state index contributed by atoms with van der Waals surface area (Å²) in [5.74, 6) is 4.15. The average molecular weight is 1430 g/mol. The number of amides is 4. The lowest BCUT2D eigenvalue weighted by Gasteiger charge is -2.27. The Morgan fingerprint density at radius 2 is 0.755 bits per heavy atom. The Hall–Kier alpha value is -8.90. The minimum atomic E-state index is -0.0911. The van der Waals surface area contributed by atoms with Crippen molar-refractivity contribution >= 4 is 45.2 Å². The molecule has 12 heteroatoms. The van der Waals surface area contributed by atoms with Crippen LogP contribution in [0.3, 0.4) is 0 Å². The first kappa shape index (κ1) is 75.3. The molecule has 8 aromatic carbocycles. The summed E-state index contributed by atoms with van der Waals surface area (Å²) in [5.41, 5.74) is 10.6. The molecule has 0 N–H and O–H groups in total. The summed E-state index contributed by atoms with van der Waals surface area (Å²) in [4.78, 5) is 59.0. The highest BCUT2D eigenvalue weighted by molar-refractivity contribution is 5.97. The number of allylic oxidation sites excluding steroid dienone is 2. The van der Waals surface area contributed by atoms with Crippen LogP contribution in [-0.2, 0) is 34.5 Å². The fourth-order valence-corrected chi connectivity index (χ4v) is 17.4. The van der Waals surface area contributed by atoms with E-state index < -0.39 is 0 Å². The van der Waals surface area contributed by atoms with Crippen LogP contribution in [0.5, 0.6) is 23.0 Å². The maximum Gasteiger partial charge on any atom is 0.253 e. The topological polar surface area (TPSA) is 118 Å². The molecule has 8 heterocycles. The lowest BCUT2D eigenvalue weighted by atomic mass is 9.78. The molecule has 8 aromatic rings. The normalized spacial score (nSPS) is 22.0. The maximum atomic E-state index is 12.9. The third kappa shape index (κ3) is 17.4. The minimum absolute atomic E-state index is 0.0201. The zero-order valence-electron chi connectivity index (χ0n) is 64.3. The van der Waals surface area contributed by atoms with E-state index in [1.165, 1.54) is 119 Å². The monoisotopic (exact) mass is 1430 g/mol. The zero-order valence-corrected chi connectivity index (χ0v) is 64.3. The Kier molecular flexibility index (Phi) is 24.4. The highest BCUT2D eigenvalue weighted by Gasteiger charge is 2.41. The van der Waals surface area contributed by atoms with Gasteiger partial charge in [0.25, 0.3) is 23.6 Å². The number of piperidine rings is 4. The van der Waals surface area contributed by atoms with Gasteiger partial charge >= 0.3 is 0 Å². The summed E-state index contributed by atoms with van der Waals surface area (Å²) in [6.07, 6.45) is 29.8. The molecule has 4 amide bonds. The molecule has 4 fully saturated rings. The van der Waals surface area contributed by atoms with Crippen LogP contribution in [0.25, 0.3) is 21.5 Å². The van der Waals surface area contributed by atoms with Crippen LogP contribution in [-0.4, -0.2) is 122 Å². The molecule has 4 saturated heterocycles. The summed E-state index contributed by atoms with van der Waals surface area (Å²) in [5, 5.41) is 5.12. The number of ether oxygens (including phenoxy) is 4. The quantitative estimate of drug-likeness (QED) is 0.0653. The fraction of sp³-hybridized carbons (Fsp3) is 0.468. The fourth-order valence-electron chi connectivity index (χ4n) is 17.4. The van der Waals surface area contributed by atoms with Gasteiger partial charge in [-0.15, -0.1) is 0 Å². The minimum Gasteiger partial charge on any atom is -0.492 e. The predicted octanol–water partition coefficient (Wildman–Crippen LogP) is 20.4. The molecule has 0 aromatic heterocycles. The molecule has 0 radical (unpaired) electrons. The van der Waals surface area contributed by atoms with Crippen LogP contribution in [0.2, 0.25) is 0 Å². The molecule has 106 heavy (non-hydrogen) atoms. The van der Waals surface area contributed by atoms with Gasteiger partial charge in [-0.2, -0.15) is 0 Å². The molecular weight excluding hydrogens is 1310 g/mol. The van der Waals surface area contributed by atoms with Crippen molar-refractivity contribution in [3.63, 3.8) is 0 Å². The highest BCUT2D eigenvalue weighted by Crippen LogP contribution is 2.47. The number of hydrogen-bond acceptors (Lipinski definition) is 8. The van der Waals surface area contributed by atoms with Gasteiger partial charge in [0.1, 0.15) is 23.0 Å². The van der Waals surface area contributed by atoms with Crippen molar-refractivity contribution in [2.75, 3.05) is 78.8 Å². The number of carbonyl (C=O) groups is 4. The first-order valence-corrected chi connectivity index (χ1v) is 40.4. The lowest BCUT2D eigenvalue weighted by molar-refractivity contribution is 0.0716. The van der Waals surface area contributed by atoms with E-state index in [4.69, 9.17) is 18.9 Å². The number of carbonyl (C=O) groups excluding carboxylic acids is 4. The lowest BCUT2D eigenvalue weighted by Crippen LogP contribution is -2.35. The van der Waals surface area contributed by atoms with Crippen LogP contribution in [0.4, 0.5) is 0 Å². The van der Waals surface area contributed by atoms with Gasteiger partial charge in [-0.3, -0.25) is 19.2 Å². The van der Waals surface area contributed by atoms with Gasteiger partial charge in [0, 0.05) is 119 Å². The van der Waals surface area contributed by atoms with E-state index in [2.05, 4.69) is 163 Å². The molecule has 0 saturated carbocycles. The largest absolute Gasteiger partial charge is 0.492 e. The van der Waals surface area contributed by atoms with Crippen LogP contribution in [0.1, 0.15) is 245 Å². The summed E-state index contributed by atoms with van der Waals surface area (Å²) in [7, 11) is 0. The van der Waals surface area contributed by atoms with Crippen molar-refractivity contribution in [1.29, 1.82) is 0 Å². The Balaban J connectivity index is 0.000000126. The third-order valence-corrected chi connectivity index (χ3v) is 23.9. The summed E-state index contributed by atoms with van der Waals surface area (Å²) >= 11 is 0. The Morgan fingerprint density at radius 1 is 0.358 bits per heavy atom. The van der Waals surface area contributed by atoms with Crippen molar-refractivity contribution in [2.24, 2.45) is 0 Å². The number of unbranched alkanes of at least 4 members (excludes halogenated alkanes) is 4. The zero-order chi connectivity index (χ0) is 73.7. The highest BCUT2D eigenvalue weighted by atomic mass is 16.5. The van der Waals surface area contributed by atoms with E-state index in [1.54, 1.807) is 0 Å². The average Bonchev–Trinajstić information content (AvgIpc) is 1.79. The molecule has 558 valence electrons. The second kappa shape index (κ2) is 34.3. The second-order valence-electron chi connectivity index (χ2n) is 32.6. The molecule has 8 aliphatic rings. The maximum absolute atomic E-state index is 12.9. The Morgan fingerprint density at radius 3 is 1.22 bits per heavy atom. The first-order valence-electron chi connectivity index (χ1n) is 40.4. The van der Waals surface area contributed by atoms with Gasteiger partial charge in [0.15, 0.2) is 0 Å². The van der Waals surface area contributed by atoms with E-state index in [1.807, 2.05) is 68.1 Å². The Bertz CT molecular complexity index is 4410. The van der Waals surface area contributed by atoms with Gasteiger partial charge < -0.3 is 38.5 Å². The van der Waals surface area contributed by atoms with Gasteiger partial charge in [0.2, 0.25) is 0 Å². The SMILES string of the molecule is CC1(Cc2ccc3ccccc3c2)COc2cc(C(=O)N3CCCCC3)ccc21.CC1(Cc2cccc3ccccc23)COc2cc(C(=O)N3CCCCC3)ccc21.CCC/C=C/CC1(C)COc2cc(C(=O)N3CCCCC3)ccc21.CCCCCCC1(C)COc2cc(C(=O)N3CCCCC3)ccc21. The van der Waals surface area contributed by atoms with Gasteiger partial charge in [-0.1, -0.05) is 195 Å². The number of benzene rings is 8. The van der Waals surface area contributed by atoms with Crippen molar-refractivity contribution in [1.82, 2.24) is 19.6 Å². The number of fused-ring (bicyclic) bond motifs is 6. The molecule has 8 aliphatic heterocycles. The summed E-state index contributed by atoms with van der Waals surface area (Å²) in [6, 6.07) is 54.5. The van der Waals surface area contributed by atoms with E-state index in [0.717, 1.165) is 181 Å². The summed E-state index contributed by atoms with van der Waals surface area (Å²) in [6.45, 7) is 23.3. The van der Waals surface area contributed by atoms with Crippen molar-refractivity contribution in [3.05, 3.63) is 226 Å². The smallest absolute Gasteiger partial charge is 0.253 e. The van der Waals surface area contributed by atoms with Gasteiger partial charge in [0.05, 0.1) is 26.4 Å². The first-order chi connectivity index (χ1) is 51.5. The van der Waals surface area contributed by atoms with E-state index in [-0.39, 0.29) is 45.3 Å². The van der Waals surface area contributed by atoms with Crippen molar-refractivity contribution < 1.29 is 38.1 Å². The molecule has 0 aliphatic carbocycles. The van der Waals surface area contributed by atoms with Crippen LogP contribution < -0.4 is 18.9 Å².